The maximum Gasteiger partial charge on any atom is 0.224 e. The summed E-state index contributed by atoms with van der Waals surface area (Å²) < 4.78 is 0. The molecule has 1 aromatic rings. The zero-order chi connectivity index (χ0) is 15.9. The number of hydrogen-bond acceptors (Lipinski definition) is 3. The number of hydrogen-bond donors (Lipinski definition) is 1. The van der Waals surface area contributed by atoms with Gasteiger partial charge in [-0.1, -0.05) is 44.2 Å². The van der Waals surface area contributed by atoms with Crippen LogP contribution in [-0.2, 0) is 11.2 Å². The highest BCUT2D eigenvalue weighted by atomic mass is 16.3. The lowest BCUT2D eigenvalue weighted by molar-refractivity contribution is -0.133. The minimum atomic E-state index is -0.117. The number of nitrogens with zero attached hydrogens (tertiary/aromatic N) is 2. The molecule has 0 spiro atoms. The fraction of sp³-hybridized carbons (Fsp3) is 0.611. The van der Waals surface area contributed by atoms with E-state index in [4.69, 9.17) is 0 Å². The summed E-state index contributed by atoms with van der Waals surface area (Å²) in [4.78, 5) is 16.7. The van der Waals surface area contributed by atoms with E-state index in [9.17, 15) is 9.90 Å². The number of benzene rings is 1. The highest BCUT2D eigenvalue weighted by molar-refractivity contribution is 5.77. The summed E-state index contributed by atoms with van der Waals surface area (Å²) in [5, 5.41) is 9.75. The van der Waals surface area contributed by atoms with Gasteiger partial charge in [-0.25, -0.2) is 0 Å². The Balaban J connectivity index is 2.00. The van der Waals surface area contributed by atoms with Crippen LogP contribution in [0.5, 0.6) is 0 Å². The van der Waals surface area contributed by atoms with Crippen molar-refractivity contribution in [3.63, 3.8) is 0 Å². The first-order valence-electron chi connectivity index (χ1n) is 8.26. The summed E-state index contributed by atoms with van der Waals surface area (Å²) in [6.07, 6.45) is 1.27. The lowest BCUT2D eigenvalue weighted by atomic mass is 10.0. The van der Waals surface area contributed by atoms with Crippen molar-refractivity contribution in [2.45, 2.75) is 32.7 Å². The topological polar surface area (TPSA) is 43.8 Å². The summed E-state index contributed by atoms with van der Waals surface area (Å²) in [5.41, 5.74) is 1.16. The van der Waals surface area contributed by atoms with Crippen LogP contribution in [0.1, 0.15) is 25.8 Å². The number of aliphatic hydroxyl groups is 1. The second-order valence-electron chi connectivity index (χ2n) is 6.56. The molecule has 1 atom stereocenters. The van der Waals surface area contributed by atoms with Gasteiger partial charge in [0.15, 0.2) is 0 Å². The Labute approximate surface area is 133 Å². The van der Waals surface area contributed by atoms with Gasteiger partial charge in [0.1, 0.15) is 0 Å². The van der Waals surface area contributed by atoms with Crippen molar-refractivity contribution in [3.8, 4) is 0 Å². The van der Waals surface area contributed by atoms with E-state index < -0.39 is 0 Å². The Kier molecular flexibility index (Phi) is 6.40. The third kappa shape index (κ3) is 4.82. The van der Waals surface area contributed by atoms with Gasteiger partial charge in [-0.15, -0.1) is 0 Å². The fourth-order valence-electron chi connectivity index (χ4n) is 3.13. The van der Waals surface area contributed by atoms with Gasteiger partial charge < -0.3 is 14.9 Å². The number of amides is 1. The molecule has 0 bridgehead atoms. The number of carbonyl (C=O) groups is 1. The molecule has 1 heterocycles. The third-order valence-corrected chi connectivity index (χ3v) is 4.21. The largest absolute Gasteiger partial charge is 0.394 e. The van der Waals surface area contributed by atoms with Gasteiger partial charge in [-0.3, -0.25) is 4.79 Å². The smallest absolute Gasteiger partial charge is 0.224 e. The molecule has 4 heteroatoms. The molecule has 1 N–H and O–H groups in total. The quantitative estimate of drug-likeness (QED) is 0.871. The third-order valence-electron chi connectivity index (χ3n) is 4.21. The number of carbonyl (C=O) groups excluding carboxylic acids is 1. The van der Waals surface area contributed by atoms with E-state index in [0.717, 1.165) is 25.2 Å². The van der Waals surface area contributed by atoms with Crippen LogP contribution in [0, 0.1) is 5.92 Å². The Hall–Kier alpha value is -1.39. The Morgan fingerprint density at radius 2 is 1.86 bits per heavy atom. The Bertz CT molecular complexity index is 461. The first-order valence-corrected chi connectivity index (χ1v) is 8.26. The average molecular weight is 304 g/mol. The van der Waals surface area contributed by atoms with Crippen LogP contribution in [0.15, 0.2) is 30.3 Å². The van der Waals surface area contributed by atoms with Gasteiger partial charge in [-0.05, 0) is 17.9 Å². The maximum atomic E-state index is 12.4. The maximum absolute atomic E-state index is 12.4. The van der Waals surface area contributed by atoms with Crippen molar-refractivity contribution in [3.05, 3.63) is 35.9 Å². The predicted molar refractivity (Wildman–Crippen MR) is 88.6 cm³/mol. The molecular formula is C18H28N2O2. The van der Waals surface area contributed by atoms with Crippen molar-refractivity contribution in [2.75, 3.05) is 32.8 Å². The van der Waals surface area contributed by atoms with Gasteiger partial charge in [0.25, 0.3) is 0 Å². The number of aliphatic hydroxyl groups excluding tert-OH is 1. The zero-order valence-corrected chi connectivity index (χ0v) is 13.7. The molecule has 4 nitrogen and oxygen atoms in total. The lowest BCUT2D eigenvalue weighted by Gasteiger charge is -2.30. The SMILES string of the molecule is CC(C)CN1CCC(=O)N([C@H](CO)Cc2ccccc2)CC1. The molecule has 122 valence electrons. The molecule has 1 aromatic carbocycles. The zero-order valence-electron chi connectivity index (χ0n) is 13.7. The molecule has 0 radical (unpaired) electrons. The molecule has 2 rings (SSSR count). The summed E-state index contributed by atoms with van der Waals surface area (Å²) in [6.45, 7) is 7.90. The van der Waals surface area contributed by atoms with Crippen LogP contribution in [-0.4, -0.2) is 59.6 Å². The first-order chi connectivity index (χ1) is 10.6. The van der Waals surface area contributed by atoms with E-state index in [1.54, 1.807) is 0 Å². The summed E-state index contributed by atoms with van der Waals surface area (Å²) in [7, 11) is 0. The molecule has 0 aromatic heterocycles. The lowest BCUT2D eigenvalue weighted by Crippen LogP contribution is -2.45. The van der Waals surface area contributed by atoms with Gasteiger partial charge in [0.2, 0.25) is 5.91 Å². The monoisotopic (exact) mass is 304 g/mol. The molecule has 1 fully saturated rings. The van der Waals surface area contributed by atoms with Gasteiger partial charge in [0.05, 0.1) is 12.6 Å². The summed E-state index contributed by atoms with van der Waals surface area (Å²) in [6, 6.07) is 9.97. The Morgan fingerprint density at radius 1 is 1.14 bits per heavy atom. The molecule has 1 aliphatic rings. The second kappa shape index (κ2) is 8.30. The van der Waals surface area contributed by atoms with Crippen LogP contribution < -0.4 is 0 Å². The molecule has 22 heavy (non-hydrogen) atoms. The standard InChI is InChI=1S/C18H28N2O2/c1-15(2)13-19-9-8-18(22)20(11-10-19)17(14-21)12-16-6-4-3-5-7-16/h3-7,15,17,21H,8-14H2,1-2H3/t17-/m0/s1. The highest BCUT2D eigenvalue weighted by Gasteiger charge is 2.27. The Morgan fingerprint density at radius 3 is 2.50 bits per heavy atom. The van der Waals surface area contributed by atoms with Crippen LogP contribution >= 0.6 is 0 Å². The predicted octanol–water partition coefficient (Wildman–Crippen LogP) is 1.78. The molecular weight excluding hydrogens is 276 g/mol. The van der Waals surface area contributed by atoms with Crippen molar-refractivity contribution in [2.24, 2.45) is 5.92 Å². The number of rotatable bonds is 6. The van der Waals surface area contributed by atoms with Crippen LogP contribution in [0.3, 0.4) is 0 Å². The second-order valence-corrected chi connectivity index (χ2v) is 6.56. The minimum Gasteiger partial charge on any atom is -0.394 e. The van der Waals surface area contributed by atoms with Gasteiger partial charge in [0, 0.05) is 32.6 Å². The van der Waals surface area contributed by atoms with Gasteiger partial charge >= 0.3 is 0 Å². The van der Waals surface area contributed by atoms with E-state index >= 15 is 0 Å². The normalized spacial score (nSPS) is 18.5. The van der Waals surface area contributed by atoms with E-state index in [1.807, 2.05) is 23.1 Å². The average Bonchev–Trinajstić information content (AvgIpc) is 2.68. The summed E-state index contributed by atoms with van der Waals surface area (Å²) >= 11 is 0. The van der Waals surface area contributed by atoms with E-state index in [0.29, 0.717) is 25.3 Å². The highest BCUT2D eigenvalue weighted by Crippen LogP contribution is 2.14. The van der Waals surface area contributed by atoms with E-state index in [2.05, 4.69) is 30.9 Å². The van der Waals surface area contributed by atoms with E-state index in [1.165, 1.54) is 0 Å². The molecule has 0 saturated carbocycles. The van der Waals surface area contributed by atoms with Crippen LogP contribution in [0.25, 0.3) is 0 Å². The molecule has 1 aliphatic heterocycles. The van der Waals surface area contributed by atoms with Crippen LogP contribution in [0.2, 0.25) is 0 Å². The van der Waals surface area contributed by atoms with E-state index in [-0.39, 0.29) is 18.6 Å². The van der Waals surface area contributed by atoms with Crippen LogP contribution in [0.4, 0.5) is 0 Å². The summed E-state index contributed by atoms with van der Waals surface area (Å²) in [5.74, 6) is 0.779. The fourth-order valence-corrected chi connectivity index (χ4v) is 3.13. The van der Waals surface area contributed by atoms with Crippen molar-refractivity contribution in [1.82, 2.24) is 9.80 Å². The van der Waals surface area contributed by atoms with Crippen molar-refractivity contribution in [1.29, 1.82) is 0 Å². The van der Waals surface area contributed by atoms with Gasteiger partial charge in [-0.2, -0.15) is 0 Å². The van der Waals surface area contributed by atoms with Crippen molar-refractivity contribution >= 4 is 5.91 Å². The van der Waals surface area contributed by atoms with Crippen molar-refractivity contribution < 1.29 is 9.90 Å². The molecule has 0 aliphatic carbocycles. The molecule has 1 saturated heterocycles. The minimum absolute atomic E-state index is 0.0187. The first kappa shape index (κ1) is 17.0. The molecule has 0 unspecified atom stereocenters. The molecule has 1 amide bonds.